The average Bonchev–Trinajstić information content (AvgIpc) is 2.67. The van der Waals surface area contributed by atoms with Crippen LogP contribution in [0.2, 0.25) is 0 Å². The van der Waals surface area contributed by atoms with Crippen LogP contribution in [0.5, 0.6) is 0 Å². The van der Waals surface area contributed by atoms with Crippen molar-refractivity contribution in [3.8, 4) is 0 Å². The number of pyridine rings is 1. The molecule has 17 heavy (non-hydrogen) atoms. The fourth-order valence-electron chi connectivity index (χ4n) is 1.47. The van der Waals surface area contributed by atoms with E-state index in [0.717, 1.165) is 22.2 Å². The Balaban J connectivity index is 2.23. The molecule has 0 radical (unpaired) electrons. The van der Waals surface area contributed by atoms with E-state index in [1.807, 2.05) is 24.6 Å². The molecule has 2 rings (SSSR count). The topological polar surface area (TPSA) is 69.6 Å². The van der Waals surface area contributed by atoms with E-state index in [1.165, 1.54) is 11.8 Å². The second-order valence-electron chi connectivity index (χ2n) is 3.98. The summed E-state index contributed by atoms with van der Waals surface area (Å²) >= 11 is 1.51. The van der Waals surface area contributed by atoms with Gasteiger partial charge in [-0.15, -0.1) is 10.2 Å². The molecule has 1 atom stereocenters. The molecule has 6 heteroatoms. The van der Waals surface area contributed by atoms with Gasteiger partial charge in [-0.3, -0.25) is 0 Å². The molecule has 0 aromatic carbocycles. The maximum absolute atomic E-state index is 5.83. The zero-order valence-electron chi connectivity index (χ0n) is 9.87. The van der Waals surface area contributed by atoms with Crippen LogP contribution in [0.25, 0.3) is 0 Å². The largest absolute Gasteiger partial charge is 0.328 e. The van der Waals surface area contributed by atoms with Gasteiger partial charge in [0.25, 0.3) is 0 Å². The molecule has 0 saturated carbocycles. The molecule has 0 amide bonds. The summed E-state index contributed by atoms with van der Waals surface area (Å²) < 4.78 is 1.87. The lowest BCUT2D eigenvalue weighted by atomic mass is 10.1. The number of aromatic nitrogens is 4. The lowest BCUT2D eigenvalue weighted by Crippen LogP contribution is -2.18. The fourth-order valence-corrected chi connectivity index (χ4v) is 2.32. The molecule has 0 spiro atoms. The van der Waals surface area contributed by atoms with Crippen molar-refractivity contribution in [1.82, 2.24) is 19.7 Å². The molecule has 0 bridgehead atoms. The van der Waals surface area contributed by atoms with Crippen molar-refractivity contribution in [3.63, 3.8) is 0 Å². The van der Waals surface area contributed by atoms with Gasteiger partial charge in [-0.25, -0.2) is 4.98 Å². The van der Waals surface area contributed by atoms with Gasteiger partial charge in [0, 0.05) is 19.3 Å². The molecule has 2 aromatic heterocycles. The van der Waals surface area contributed by atoms with Crippen molar-refractivity contribution >= 4 is 11.8 Å². The summed E-state index contributed by atoms with van der Waals surface area (Å²) in [7, 11) is 1.91. The van der Waals surface area contributed by atoms with Gasteiger partial charge in [-0.1, -0.05) is 6.07 Å². The molecule has 2 N–H and O–H groups in total. The first-order valence-corrected chi connectivity index (χ1v) is 6.20. The first-order valence-electron chi connectivity index (χ1n) is 5.38. The van der Waals surface area contributed by atoms with Crippen LogP contribution in [-0.4, -0.2) is 25.8 Å². The zero-order valence-corrected chi connectivity index (χ0v) is 10.7. The molecule has 0 aliphatic carbocycles. The fraction of sp³-hybridized carbons (Fsp3) is 0.364. The lowest BCUT2D eigenvalue weighted by Gasteiger charge is -2.09. The molecule has 0 fully saturated rings. The minimum Gasteiger partial charge on any atom is -0.328 e. The van der Waals surface area contributed by atoms with E-state index in [0.29, 0.717) is 0 Å². The van der Waals surface area contributed by atoms with Crippen LogP contribution in [0.3, 0.4) is 0 Å². The quantitative estimate of drug-likeness (QED) is 0.883. The number of rotatable bonds is 4. The van der Waals surface area contributed by atoms with Gasteiger partial charge in [-0.2, -0.15) is 0 Å². The number of hydrogen-bond donors (Lipinski definition) is 1. The van der Waals surface area contributed by atoms with Crippen molar-refractivity contribution in [2.24, 2.45) is 12.8 Å². The van der Waals surface area contributed by atoms with Gasteiger partial charge in [0.05, 0.1) is 0 Å². The highest BCUT2D eigenvalue weighted by Gasteiger charge is 2.10. The first-order chi connectivity index (χ1) is 8.16. The number of aryl methyl sites for hydroxylation is 1. The van der Waals surface area contributed by atoms with Crippen LogP contribution in [0.1, 0.15) is 12.5 Å². The summed E-state index contributed by atoms with van der Waals surface area (Å²) in [5.74, 6) is 0. The molecule has 0 aliphatic heterocycles. The third kappa shape index (κ3) is 3.04. The highest BCUT2D eigenvalue weighted by molar-refractivity contribution is 7.99. The summed E-state index contributed by atoms with van der Waals surface area (Å²) in [6, 6.07) is 4.10. The predicted octanol–water partition coefficient (Wildman–Crippen LogP) is 1.25. The summed E-state index contributed by atoms with van der Waals surface area (Å²) in [6.07, 6.45) is 4.27. The van der Waals surface area contributed by atoms with Crippen molar-refractivity contribution < 1.29 is 0 Å². The van der Waals surface area contributed by atoms with Gasteiger partial charge in [0.15, 0.2) is 5.16 Å². The molecule has 2 heterocycles. The third-order valence-electron chi connectivity index (χ3n) is 2.25. The summed E-state index contributed by atoms with van der Waals surface area (Å²) in [5, 5.41) is 9.66. The summed E-state index contributed by atoms with van der Waals surface area (Å²) in [4.78, 5) is 4.37. The van der Waals surface area contributed by atoms with E-state index in [2.05, 4.69) is 21.2 Å². The Hall–Kier alpha value is -1.40. The number of nitrogens with zero attached hydrogens (tertiary/aromatic N) is 4. The normalized spacial score (nSPS) is 12.6. The van der Waals surface area contributed by atoms with Gasteiger partial charge < -0.3 is 10.3 Å². The van der Waals surface area contributed by atoms with Crippen LogP contribution < -0.4 is 5.73 Å². The van der Waals surface area contributed by atoms with Gasteiger partial charge in [-0.05, 0) is 36.7 Å². The molecule has 2 aromatic rings. The Morgan fingerprint density at radius 1 is 1.53 bits per heavy atom. The Bertz CT molecular complexity index is 494. The van der Waals surface area contributed by atoms with Crippen LogP contribution >= 0.6 is 11.8 Å². The standard InChI is InChI=1S/C11H15N5S/c1-8(12)6-9-4-3-5-13-10(9)17-11-15-14-7-16(11)2/h3-5,7-8H,6,12H2,1-2H3. The van der Waals surface area contributed by atoms with E-state index in [9.17, 15) is 0 Å². The van der Waals surface area contributed by atoms with E-state index in [1.54, 1.807) is 12.5 Å². The van der Waals surface area contributed by atoms with Crippen molar-refractivity contribution in [2.75, 3.05) is 0 Å². The molecule has 90 valence electrons. The molecular formula is C11H15N5S. The molecular weight excluding hydrogens is 234 g/mol. The Labute approximate surface area is 104 Å². The SMILES string of the molecule is CC(N)Cc1cccnc1Sc1nncn1C. The number of hydrogen-bond acceptors (Lipinski definition) is 5. The van der Waals surface area contributed by atoms with E-state index >= 15 is 0 Å². The van der Waals surface area contributed by atoms with Gasteiger partial charge in [0.2, 0.25) is 0 Å². The van der Waals surface area contributed by atoms with E-state index in [-0.39, 0.29) is 6.04 Å². The lowest BCUT2D eigenvalue weighted by molar-refractivity contribution is 0.720. The highest BCUT2D eigenvalue weighted by Crippen LogP contribution is 2.26. The Kier molecular flexibility index (Phi) is 3.75. The molecule has 5 nitrogen and oxygen atoms in total. The predicted molar refractivity (Wildman–Crippen MR) is 66.7 cm³/mol. The van der Waals surface area contributed by atoms with E-state index < -0.39 is 0 Å². The van der Waals surface area contributed by atoms with Crippen molar-refractivity contribution in [3.05, 3.63) is 30.2 Å². The van der Waals surface area contributed by atoms with Crippen LogP contribution in [-0.2, 0) is 13.5 Å². The Morgan fingerprint density at radius 3 is 3.00 bits per heavy atom. The minimum atomic E-state index is 0.123. The minimum absolute atomic E-state index is 0.123. The molecule has 1 unspecified atom stereocenters. The van der Waals surface area contributed by atoms with Crippen molar-refractivity contribution in [1.29, 1.82) is 0 Å². The monoisotopic (exact) mass is 249 g/mol. The third-order valence-corrected chi connectivity index (χ3v) is 3.36. The van der Waals surface area contributed by atoms with Crippen LogP contribution in [0, 0.1) is 0 Å². The van der Waals surface area contributed by atoms with Crippen LogP contribution in [0.15, 0.2) is 34.8 Å². The van der Waals surface area contributed by atoms with Gasteiger partial charge >= 0.3 is 0 Å². The summed E-state index contributed by atoms with van der Waals surface area (Å²) in [5.41, 5.74) is 6.98. The van der Waals surface area contributed by atoms with Gasteiger partial charge in [0.1, 0.15) is 11.4 Å². The maximum atomic E-state index is 5.83. The smallest absolute Gasteiger partial charge is 0.197 e. The molecule has 0 saturated heterocycles. The zero-order chi connectivity index (χ0) is 12.3. The maximum Gasteiger partial charge on any atom is 0.197 e. The second kappa shape index (κ2) is 5.29. The highest BCUT2D eigenvalue weighted by atomic mass is 32.2. The first kappa shape index (κ1) is 12.1. The molecule has 0 aliphatic rings. The number of nitrogens with two attached hydrogens (primary N) is 1. The second-order valence-corrected chi connectivity index (χ2v) is 4.93. The van der Waals surface area contributed by atoms with Crippen molar-refractivity contribution in [2.45, 2.75) is 29.6 Å². The summed E-state index contributed by atoms with van der Waals surface area (Å²) in [6.45, 7) is 1.99. The van der Waals surface area contributed by atoms with E-state index in [4.69, 9.17) is 5.73 Å². The van der Waals surface area contributed by atoms with Crippen LogP contribution in [0.4, 0.5) is 0 Å². The Morgan fingerprint density at radius 2 is 2.35 bits per heavy atom. The average molecular weight is 249 g/mol.